The molecule has 1 saturated carbocycles. The van der Waals surface area contributed by atoms with Crippen LogP contribution in [0.2, 0.25) is 0 Å². The SMILES string of the molecule is O=C(NC1(C(=O)O)CCCCC1c1ccccc1)OCC1c2ccccc2-c2ccccc21. The summed E-state index contributed by atoms with van der Waals surface area (Å²) in [7, 11) is 0. The highest BCUT2D eigenvalue weighted by atomic mass is 16.5. The molecule has 0 radical (unpaired) electrons. The molecule has 2 atom stereocenters. The van der Waals surface area contributed by atoms with Gasteiger partial charge in [0.25, 0.3) is 0 Å². The van der Waals surface area contributed by atoms with E-state index < -0.39 is 17.6 Å². The third-order valence-electron chi connectivity index (χ3n) is 7.16. The molecule has 2 aliphatic carbocycles. The molecule has 1 amide bonds. The van der Waals surface area contributed by atoms with Crippen molar-refractivity contribution in [2.45, 2.75) is 43.1 Å². The topological polar surface area (TPSA) is 75.6 Å². The molecule has 2 aliphatic rings. The Labute approximate surface area is 193 Å². The lowest BCUT2D eigenvalue weighted by Crippen LogP contribution is -2.59. The number of amides is 1. The van der Waals surface area contributed by atoms with Crippen LogP contribution in [0.4, 0.5) is 4.79 Å². The summed E-state index contributed by atoms with van der Waals surface area (Å²) in [5.41, 5.74) is 4.11. The highest BCUT2D eigenvalue weighted by molar-refractivity contribution is 5.86. The number of carboxylic acid groups (broad SMARTS) is 1. The second kappa shape index (κ2) is 8.74. The van der Waals surface area contributed by atoms with Crippen molar-refractivity contribution >= 4 is 12.1 Å². The van der Waals surface area contributed by atoms with E-state index in [1.165, 1.54) is 0 Å². The smallest absolute Gasteiger partial charge is 0.408 e. The van der Waals surface area contributed by atoms with E-state index in [2.05, 4.69) is 29.6 Å². The van der Waals surface area contributed by atoms with Gasteiger partial charge in [-0.15, -0.1) is 0 Å². The van der Waals surface area contributed by atoms with Crippen molar-refractivity contribution < 1.29 is 19.4 Å². The first kappa shape index (κ1) is 21.3. The molecular weight excluding hydrogens is 414 g/mol. The van der Waals surface area contributed by atoms with E-state index in [9.17, 15) is 14.7 Å². The summed E-state index contributed by atoms with van der Waals surface area (Å²) in [6, 6.07) is 25.9. The molecule has 0 bridgehead atoms. The van der Waals surface area contributed by atoms with Crippen molar-refractivity contribution in [1.29, 1.82) is 0 Å². The summed E-state index contributed by atoms with van der Waals surface area (Å²) in [6.45, 7) is 0.158. The summed E-state index contributed by atoms with van der Waals surface area (Å²) >= 11 is 0. The summed E-state index contributed by atoms with van der Waals surface area (Å²) in [6.07, 6.45) is 2.09. The van der Waals surface area contributed by atoms with Crippen LogP contribution in [0.15, 0.2) is 78.9 Å². The maximum Gasteiger partial charge on any atom is 0.408 e. The Hall–Kier alpha value is -3.60. The molecule has 0 aromatic heterocycles. The van der Waals surface area contributed by atoms with Gasteiger partial charge in [0.1, 0.15) is 12.1 Å². The second-order valence-electron chi connectivity index (χ2n) is 8.94. The lowest BCUT2D eigenvalue weighted by Gasteiger charge is -2.41. The predicted octanol–water partition coefficient (Wildman–Crippen LogP) is 5.71. The largest absolute Gasteiger partial charge is 0.479 e. The number of hydrogen-bond donors (Lipinski definition) is 2. The van der Waals surface area contributed by atoms with Crippen molar-refractivity contribution in [2.24, 2.45) is 0 Å². The van der Waals surface area contributed by atoms with Gasteiger partial charge in [-0.2, -0.15) is 0 Å². The van der Waals surface area contributed by atoms with E-state index in [1.54, 1.807) is 0 Å². The Kier molecular flexibility index (Phi) is 5.63. The van der Waals surface area contributed by atoms with E-state index in [-0.39, 0.29) is 18.4 Å². The predicted molar refractivity (Wildman–Crippen MR) is 126 cm³/mol. The lowest BCUT2D eigenvalue weighted by molar-refractivity contribution is -0.147. The van der Waals surface area contributed by atoms with E-state index in [0.29, 0.717) is 12.8 Å². The number of fused-ring (bicyclic) bond motifs is 3. The van der Waals surface area contributed by atoms with Gasteiger partial charge in [0, 0.05) is 11.8 Å². The monoisotopic (exact) mass is 441 g/mol. The molecule has 5 heteroatoms. The zero-order valence-electron chi connectivity index (χ0n) is 18.4. The molecule has 2 N–H and O–H groups in total. The minimum Gasteiger partial charge on any atom is -0.479 e. The summed E-state index contributed by atoms with van der Waals surface area (Å²) in [4.78, 5) is 25.5. The fourth-order valence-corrected chi connectivity index (χ4v) is 5.59. The van der Waals surface area contributed by atoms with Gasteiger partial charge in [-0.1, -0.05) is 91.7 Å². The van der Waals surface area contributed by atoms with Crippen LogP contribution >= 0.6 is 0 Å². The van der Waals surface area contributed by atoms with E-state index >= 15 is 0 Å². The molecule has 0 saturated heterocycles. The number of hydrogen-bond acceptors (Lipinski definition) is 3. The third kappa shape index (κ3) is 3.78. The highest BCUT2D eigenvalue weighted by Crippen LogP contribution is 2.45. The molecule has 0 spiro atoms. The van der Waals surface area contributed by atoms with Crippen LogP contribution in [0.25, 0.3) is 11.1 Å². The van der Waals surface area contributed by atoms with Gasteiger partial charge >= 0.3 is 12.1 Å². The Morgan fingerprint density at radius 3 is 2.12 bits per heavy atom. The van der Waals surface area contributed by atoms with Crippen LogP contribution in [0.3, 0.4) is 0 Å². The molecule has 5 nitrogen and oxygen atoms in total. The van der Waals surface area contributed by atoms with Crippen molar-refractivity contribution in [2.75, 3.05) is 6.61 Å². The quantitative estimate of drug-likeness (QED) is 0.532. The molecule has 5 rings (SSSR count). The molecule has 0 aliphatic heterocycles. The molecule has 3 aromatic rings. The van der Waals surface area contributed by atoms with Gasteiger partial charge in [-0.3, -0.25) is 0 Å². The van der Waals surface area contributed by atoms with E-state index in [4.69, 9.17) is 4.74 Å². The number of benzene rings is 3. The maximum absolute atomic E-state index is 13.0. The average molecular weight is 442 g/mol. The number of alkyl carbamates (subject to hydrolysis) is 1. The lowest BCUT2D eigenvalue weighted by atomic mass is 9.69. The maximum atomic E-state index is 13.0. The first-order chi connectivity index (χ1) is 16.1. The Morgan fingerprint density at radius 1 is 0.879 bits per heavy atom. The normalized spacial score (nSPS) is 21.6. The van der Waals surface area contributed by atoms with Crippen molar-refractivity contribution in [3.63, 3.8) is 0 Å². The summed E-state index contributed by atoms with van der Waals surface area (Å²) < 4.78 is 5.69. The summed E-state index contributed by atoms with van der Waals surface area (Å²) in [5, 5.41) is 13.0. The van der Waals surface area contributed by atoms with Crippen LogP contribution in [0.5, 0.6) is 0 Å². The van der Waals surface area contributed by atoms with Crippen LogP contribution in [0.1, 0.15) is 54.2 Å². The van der Waals surface area contributed by atoms with E-state index in [0.717, 1.165) is 40.7 Å². The van der Waals surface area contributed by atoms with Crippen LogP contribution < -0.4 is 5.32 Å². The van der Waals surface area contributed by atoms with Gasteiger partial charge in [-0.25, -0.2) is 9.59 Å². The van der Waals surface area contributed by atoms with Crippen LogP contribution in [0, 0.1) is 0 Å². The molecule has 2 unspecified atom stereocenters. The first-order valence-electron chi connectivity index (χ1n) is 11.5. The number of ether oxygens (including phenoxy) is 1. The van der Waals surface area contributed by atoms with Gasteiger partial charge in [-0.05, 0) is 40.7 Å². The molecule has 168 valence electrons. The van der Waals surface area contributed by atoms with Crippen LogP contribution in [-0.2, 0) is 9.53 Å². The number of carbonyl (C=O) groups excluding carboxylic acids is 1. The number of rotatable bonds is 5. The average Bonchev–Trinajstić information content (AvgIpc) is 3.17. The molecule has 3 aromatic carbocycles. The van der Waals surface area contributed by atoms with Crippen LogP contribution in [-0.4, -0.2) is 29.3 Å². The second-order valence-corrected chi connectivity index (χ2v) is 8.94. The zero-order valence-corrected chi connectivity index (χ0v) is 18.4. The van der Waals surface area contributed by atoms with Gasteiger partial charge in [0.15, 0.2) is 0 Å². The fourth-order valence-electron chi connectivity index (χ4n) is 5.59. The molecule has 0 heterocycles. The number of aliphatic carboxylic acids is 1. The molecular formula is C28H27NO4. The first-order valence-corrected chi connectivity index (χ1v) is 11.5. The zero-order chi connectivity index (χ0) is 22.8. The summed E-state index contributed by atoms with van der Waals surface area (Å²) in [5.74, 6) is -1.38. The molecule has 1 fully saturated rings. The molecule has 33 heavy (non-hydrogen) atoms. The van der Waals surface area contributed by atoms with Gasteiger partial charge in [0.2, 0.25) is 0 Å². The minimum absolute atomic E-state index is 0.0693. The Balaban J connectivity index is 1.36. The van der Waals surface area contributed by atoms with E-state index in [1.807, 2.05) is 54.6 Å². The van der Waals surface area contributed by atoms with Crippen molar-refractivity contribution in [3.8, 4) is 11.1 Å². The minimum atomic E-state index is -1.37. The number of nitrogens with one attached hydrogen (secondary N) is 1. The Morgan fingerprint density at radius 2 is 1.48 bits per heavy atom. The number of carbonyl (C=O) groups is 2. The van der Waals surface area contributed by atoms with Gasteiger partial charge in [0.05, 0.1) is 0 Å². The fraction of sp³-hybridized carbons (Fsp3) is 0.286. The van der Waals surface area contributed by atoms with Gasteiger partial charge < -0.3 is 15.2 Å². The highest BCUT2D eigenvalue weighted by Gasteiger charge is 2.49. The standard InChI is InChI=1S/C28H27NO4/c30-26(31)28(17-9-8-16-25(28)19-10-2-1-3-11-19)29-27(32)33-18-24-22-14-6-4-12-20(22)21-13-5-7-15-23(21)24/h1-7,10-15,24-25H,8-9,16-18H2,(H,29,32)(H,30,31). The third-order valence-corrected chi connectivity index (χ3v) is 7.16. The van der Waals surface area contributed by atoms with Crippen molar-refractivity contribution in [3.05, 3.63) is 95.6 Å². The van der Waals surface area contributed by atoms with Crippen molar-refractivity contribution in [1.82, 2.24) is 5.32 Å². The number of carboxylic acids is 1. The Bertz CT molecular complexity index is 1130.